The molecule has 4 heteroatoms. The molecule has 1 fully saturated rings. The zero-order valence-corrected chi connectivity index (χ0v) is 13.2. The number of hydrogen-bond acceptors (Lipinski definition) is 2. The number of benzene rings is 1. The predicted octanol–water partition coefficient (Wildman–Crippen LogP) is 3.26. The van der Waals surface area contributed by atoms with Crippen molar-refractivity contribution in [2.45, 2.75) is 45.4 Å². The third-order valence-electron chi connectivity index (χ3n) is 4.56. The van der Waals surface area contributed by atoms with Crippen molar-refractivity contribution in [1.82, 2.24) is 5.32 Å². The number of hydrogen-bond donors (Lipinski definition) is 2. The molecular formula is C18H25NO3. The van der Waals surface area contributed by atoms with E-state index < -0.39 is 5.97 Å². The second-order valence-corrected chi connectivity index (χ2v) is 6.43. The van der Waals surface area contributed by atoms with E-state index in [0.29, 0.717) is 18.8 Å². The Morgan fingerprint density at radius 2 is 1.77 bits per heavy atom. The van der Waals surface area contributed by atoms with E-state index in [2.05, 4.69) is 12.2 Å². The predicted molar refractivity (Wildman–Crippen MR) is 85.9 cm³/mol. The first kappa shape index (κ1) is 16.5. The summed E-state index contributed by atoms with van der Waals surface area (Å²) < 4.78 is 0. The zero-order valence-electron chi connectivity index (χ0n) is 13.2. The molecule has 2 rings (SSSR count). The van der Waals surface area contributed by atoms with Crippen molar-refractivity contribution in [2.75, 3.05) is 6.54 Å². The first-order chi connectivity index (χ1) is 10.5. The molecule has 0 saturated heterocycles. The highest BCUT2D eigenvalue weighted by atomic mass is 16.4. The van der Waals surface area contributed by atoms with Gasteiger partial charge in [0.25, 0.3) is 0 Å². The monoisotopic (exact) mass is 303 g/mol. The Morgan fingerprint density at radius 3 is 2.36 bits per heavy atom. The molecule has 22 heavy (non-hydrogen) atoms. The highest BCUT2D eigenvalue weighted by Gasteiger charge is 2.18. The average Bonchev–Trinajstić information content (AvgIpc) is 2.52. The van der Waals surface area contributed by atoms with Crippen LogP contribution in [0.15, 0.2) is 24.3 Å². The van der Waals surface area contributed by atoms with Crippen molar-refractivity contribution in [3.63, 3.8) is 0 Å². The van der Waals surface area contributed by atoms with Gasteiger partial charge in [-0.25, -0.2) is 4.79 Å². The van der Waals surface area contributed by atoms with E-state index in [9.17, 15) is 9.59 Å². The van der Waals surface area contributed by atoms with Gasteiger partial charge in [-0.15, -0.1) is 0 Å². The van der Waals surface area contributed by atoms with Crippen molar-refractivity contribution in [3.05, 3.63) is 35.4 Å². The Kier molecular flexibility index (Phi) is 5.99. The van der Waals surface area contributed by atoms with Gasteiger partial charge >= 0.3 is 5.97 Å². The van der Waals surface area contributed by atoms with Crippen LogP contribution < -0.4 is 5.32 Å². The maximum Gasteiger partial charge on any atom is 0.335 e. The Labute approximate surface area is 131 Å². The normalized spacial score (nSPS) is 21.3. The summed E-state index contributed by atoms with van der Waals surface area (Å²) in [4.78, 5) is 22.7. The SMILES string of the molecule is CC1CCC(CNC(=O)CCc2ccc(C(=O)O)cc2)CC1. The van der Waals surface area contributed by atoms with Gasteiger partial charge in [0.1, 0.15) is 0 Å². The summed E-state index contributed by atoms with van der Waals surface area (Å²) in [7, 11) is 0. The summed E-state index contributed by atoms with van der Waals surface area (Å²) in [6.45, 7) is 3.09. The second-order valence-electron chi connectivity index (χ2n) is 6.43. The second kappa shape index (κ2) is 7.97. The van der Waals surface area contributed by atoms with E-state index in [4.69, 9.17) is 5.11 Å². The van der Waals surface area contributed by atoms with Gasteiger partial charge in [-0.05, 0) is 48.8 Å². The first-order valence-electron chi connectivity index (χ1n) is 8.13. The van der Waals surface area contributed by atoms with Crippen molar-refractivity contribution < 1.29 is 14.7 Å². The quantitative estimate of drug-likeness (QED) is 0.847. The summed E-state index contributed by atoms with van der Waals surface area (Å²) in [5, 5.41) is 11.9. The highest BCUT2D eigenvalue weighted by molar-refractivity contribution is 5.87. The van der Waals surface area contributed by atoms with Gasteiger partial charge in [0, 0.05) is 13.0 Å². The third kappa shape index (κ3) is 5.17. The van der Waals surface area contributed by atoms with Crippen molar-refractivity contribution in [1.29, 1.82) is 0 Å². The van der Waals surface area contributed by atoms with Gasteiger partial charge in [-0.1, -0.05) is 31.9 Å². The Bertz CT molecular complexity index is 502. The largest absolute Gasteiger partial charge is 0.478 e. The molecule has 1 saturated carbocycles. The Balaban J connectivity index is 1.68. The van der Waals surface area contributed by atoms with Crippen LogP contribution in [0, 0.1) is 11.8 Å². The summed E-state index contributed by atoms with van der Waals surface area (Å²) in [5.74, 6) is 0.628. The minimum absolute atomic E-state index is 0.0842. The highest BCUT2D eigenvalue weighted by Crippen LogP contribution is 2.27. The van der Waals surface area contributed by atoms with Crippen LogP contribution in [-0.2, 0) is 11.2 Å². The van der Waals surface area contributed by atoms with E-state index >= 15 is 0 Å². The molecular weight excluding hydrogens is 278 g/mol. The zero-order chi connectivity index (χ0) is 15.9. The van der Waals surface area contributed by atoms with Crippen LogP contribution in [0.1, 0.15) is 54.9 Å². The molecule has 1 aromatic carbocycles. The van der Waals surface area contributed by atoms with Crippen LogP contribution in [-0.4, -0.2) is 23.5 Å². The fourth-order valence-electron chi connectivity index (χ4n) is 2.95. The molecule has 2 N–H and O–H groups in total. The lowest BCUT2D eigenvalue weighted by molar-refractivity contribution is -0.121. The van der Waals surface area contributed by atoms with E-state index in [1.54, 1.807) is 24.3 Å². The smallest absolute Gasteiger partial charge is 0.335 e. The van der Waals surface area contributed by atoms with E-state index in [-0.39, 0.29) is 11.5 Å². The van der Waals surface area contributed by atoms with E-state index in [1.807, 2.05) is 0 Å². The topological polar surface area (TPSA) is 66.4 Å². The number of carboxylic acid groups (broad SMARTS) is 1. The summed E-state index contributed by atoms with van der Waals surface area (Å²) in [6, 6.07) is 6.72. The van der Waals surface area contributed by atoms with Gasteiger partial charge in [-0.2, -0.15) is 0 Å². The fourth-order valence-corrected chi connectivity index (χ4v) is 2.95. The van der Waals surface area contributed by atoms with Gasteiger partial charge in [-0.3, -0.25) is 4.79 Å². The maximum absolute atomic E-state index is 11.9. The average molecular weight is 303 g/mol. The summed E-state index contributed by atoms with van der Waals surface area (Å²) in [6.07, 6.45) is 6.09. The van der Waals surface area contributed by atoms with Gasteiger partial charge < -0.3 is 10.4 Å². The molecule has 0 atom stereocenters. The number of nitrogens with one attached hydrogen (secondary N) is 1. The molecule has 0 unspecified atom stereocenters. The minimum Gasteiger partial charge on any atom is -0.478 e. The van der Waals surface area contributed by atoms with Crippen molar-refractivity contribution in [3.8, 4) is 0 Å². The lowest BCUT2D eigenvalue weighted by Crippen LogP contribution is -2.31. The molecule has 4 nitrogen and oxygen atoms in total. The number of carbonyl (C=O) groups excluding carboxylic acids is 1. The fraction of sp³-hybridized carbons (Fsp3) is 0.556. The Hall–Kier alpha value is -1.84. The van der Waals surface area contributed by atoms with Crippen LogP contribution in [0.5, 0.6) is 0 Å². The van der Waals surface area contributed by atoms with Gasteiger partial charge in [0.2, 0.25) is 5.91 Å². The lowest BCUT2D eigenvalue weighted by Gasteiger charge is -2.26. The lowest BCUT2D eigenvalue weighted by atomic mass is 9.83. The van der Waals surface area contributed by atoms with Crippen molar-refractivity contribution in [2.24, 2.45) is 11.8 Å². The van der Waals surface area contributed by atoms with E-state index in [0.717, 1.165) is 18.0 Å². The standard InChI is InChI=1S/C18H25NO3/c1-13-2-4-15(5-3-13)12-19-17(20)11-8-14-6-9-16(10-7-14)18(21)22/h6-7,9-10,13,15H,2-5,8,11-12H2,1H3,(H,19,20)(H,21,22). The number of amides is 1. The number of carbonyl (C=O) groups is 2. The molecule has 0 aromatic heterocycles. The van der Waals surface area contributed by atoms with Crippen LogP contribution in [0.4, 0.5) is 0 Å². The number of aryl methyl sites for hydroxylation is 1. The Morgan fingerprint density at radius 1 is 1.14 bits per heavy atom. The molecule has 0 spiro atoms. The maximum atomic E-state index is 11.9. The first-order valence-corrected chi connectivity index (χ1v) is 8.13. The molecule has 0 bridgehead atoms. The molecule has 1 aliphatic carbocycles. The molecule has 1 aliphatic rings. The number of rotatable bonds is 6. The van der Waals surface area contributed by atoms with E-state index in [1.165, 1.54) is 25.7 Å². The van der Waals surface area contributed by atoms with Gasteiger partial charge in [0.05, 0.1) is 5.56 Å². The van der Waals surface area contributed by atoms with Crippen LogP contribution in [0.3, 0.4) is 0 Å². The van der Waals surface area contributed by atoms with Gasteiger partial charge in [0.15, 0.2) is 0 Å². The number of aromatic carboxylic acids is 1. The number of carboxylic acids is 1. The van der Waals surface area contributed by atoms with Crippen LogP contribution in [0.25, 0.3) is 0 Å². The molecule has 0 aliphatic heterocycles. The van der Waals surface area contributed by atoms with Crippen molar-refractivity contribution >= 4 is 11.9 Å². The molecule has 1 amide bonds. The molecule has 1 aromatic rings. The third-order valence-corrected chi connectivity index (χ3v) is 4.56. The summed E-state index contributed by atoms with van der Waals surface area (Å²) >= 11 is 0. The van der Waals surface area contributed by atoms with Crippen LogP contribution >= 0.6 is 0 Å². The minimum atomic E-state index is -0.925. The summed E-state index contributed by atoms with van der Waals surface area (Å²) in [5.41, 5.74) is 1.27. The molecule has 120 valence electrons. The molecule has 0 heterocycles. The van der Waals surface area contributed by atoms with Crippen LogP contribution in [0.2, 0.25) is 0 Å². The molecule has 0 radical (unpaired) electrons.